The quantitative estimate of drug-likeness (QED) is 0.899. The number of hydrogen-bond donors (Lipinski definition) is 1. The molecule has 2 aromatic rings. The lowest BCUT2D eigenvalue weighted by Gasteiger charge is -2.14. The van der Waals surface area contributed by atoms with Gasteiger partial charge < -0.3 is 14.8 Å². The van der Waals surface area contributed by atoms with E-state index in [0.29, 0.717) is 30.2 Å². The Kier molecular flexibility index (Phi) is 4.83. The SMILES string of the molecule is CCN1CC(C(=O)NCc2ccc(-n3ccnc3C)c(F)c2)CC1=O. The monoisotopic (exact) mass is 344 g/mol. The largest absolute Gasteiger partial charge is 0.352 e. The number of aromatic nitrogens is 2. The van der Waals surface area contributed by atoms with Gasteiger partial charge in [0.05, 0.1) is 11.6 Å². The number of carbonyl (C=O) groups is 2. The molecular formula is C18H21FN4O2. The summed E-state index contributed by atoms with van der Waals surface area (Å²) in [6.45, 7) is 4.99. The van der Waals surface area contributed by atoms with Crippen LogP contribution in [0.3, 0.4) is 0 Å². The van der Waals surface area contributed by atoms with Gasteiger partial charge in [0.15, 0.2) is 0 Å². The number of nitrogens with zero attached hydrogens (tertiary/aromatic N) is 3. The zero-order valence-corrected chi connectivity index (χ0v) is 14.3. The smallest absolute Gasteiger partial charge is 0.225 e. The average molecular weight is 344 g/mol. The Labute approximate surface area is 145 Å². The van der Waals surface area contributed by atoms with E-state index in [9.17, 15) is 14.0 Å². The van der Waals surface area contributed by atoms with Crippen molar-refractivity contribution in [1.29, 1.82) is 0 Å². The molecular weight excluding hydrogens is 323 g/mol. The van der Waals surface area contributed by atoms with Gasteiger partial charge in [0.1, 0.15) is 11.6 Å². The van der Waals surface area contributed by atoms with E-state index in [0.717, 1.165) is 0 Å². The lowest BCUT2D eigenvalue weighted by atomic mass is 10.1. The van der Waals surface area contributed by atoms with Crippen LogP contribution in [0.2, 0.25) is 0 Å². The van der Waals surface area contributed by atoms with Gasteiger partial charge >= 0.3 is 0 Å². The first kappa shape index (κ1) is 17.1. The van der Waals surface area contributed by atoms with E-state index in [1.807, 2.05) is 6.92 Å². The van der Waals surface area contributed by atoms with E-state index in [-0.39, 0.29) is 36.5 Å². The molecule has 1 unspecified atom stereocenters. The number of halogens is 1. The highest BCUT2D eigenvalue weighted by Crippen LogP contribution is 2.19. The fourth-order valence-electron chi connectivity index (χ4n) is 3.08. The van der Waals surface area contributed by atoms with Gasteiger partial charge in [-0.3, -0.25) is 9.59 Å². The standard InChI is InChI=1S/C18H21FN4O2/c1-3-22-11-14(9-17(22)24)18(25)21-10-13-4-5-16(15(19)8-13)23-7-6-20-12(23)2/h4-8,14H,3,9-11H2,1-2H3,(H,21,25). The molecule has 0 bridgehead atoms. The summed E-state index contributed by atoms with van der Waals surface area (Å²) in [4.78, 5) is 29.7. The summed E-state index contributed by atoms with van der Waals surface area (Å²) in [5, 5.41) is 2.80. The normalized spacial score (nSPS) is 17.2. The van der Waals surface area contributed by atoms with Crippen molar-refractivity contribution < 1.29 is 14.0 Å². The van der Waals surface area contributed by atoms with Crippen LogP contribution >= 0.6 is 0 Å². The first-order chi connectivity index (χ1) is 12.0. The molecule has 1 aromatic heterocycles. The number of amides is 2. The van der Waals surface area contributed by atoms with Crippen molar-refractivity contribution in [2.45, 2.75) is 26.8 Å². The molecule has 0 spiro atoms. The molecule has 1 aromatic carbocycles. The second kappa shape index (κ2) is 7.04. The fourth-order valence-corrected chi connectivity index (χ4v) is 3.08. The third-order valence-corrected chi connectivity index (χ3v) is 4.53. The van der Waals surface area contributed by atoms with Crippen molar-refractivity contribution in [2.75, 3.05) is 13.1 Å². The molecule has 0 radical (unpaired) electrons. The van der Waals surface area contributed by atoms with Gasteiger partial charge in [-0.2, -0.15) is 0 Å². The molecule has 6 nitrogen and oxygen atoms in total. The van der Waals surface area contributed by atoms with Gasteiger partial charge in [-0.05, 0) is 31.5 Å². The van der Waals surface area contributed by atoms with Crippen LogP contribution in [0.25, 0.3) is 5.69 Å². The van der Waals surface area contributed by atoms with Gasteiger partial charge in [-0.15, -0.1) is 0 Å². The zero-order chi connectivity index (χ0) is 18.0. The second-order valence-electron chi connectivity index (χ2n) is 6.18. The maximum Gasteiger partial charge on any atom is 0.225 e. The van der Waals surface area contributed by atoms with Crippen molar-refractivity contribution in [1.82, 2.24) is 19.8 Å². The number of benzene rings is 1. The van der Waals surface area contributed by atoms with Crippen molar-refractivity contribution in [2.24, 2.45) is 5.92 Å². The van der Waals surface area contributed by atoms with Crippen LogP contribution in [0.1, 0.15) is 24.7 Å². The number of carbonyl (C=O) groups excluding carboxylic acids is 2. The highest BCUT2D eigenvalue weighted by Gasteiger charge is 2.33. The Balaban J connectivity index is 1.62. The molecule has 0 saturated carbocycles. The van der Waals surface area contributed by atoms with Crippen LogP contribution in [-0.4, -0.2) is 39.4 Å². The van der Waals surface area contributed by atoms with Gasteiger partial charge in [0.25, 0.3) is 0 Å². The summed E-state index contributed by atoms with van der Waals surface area (Å²) >= 11 is 0. The lowest BCUT2D eigenvalue weighted by molar-refractivity contribution is -0.128. The van der Waals surface area contributed by atoms with Crippen molar-refractivity contribution in [3.63, 3.8) is 0 Å². The topological polar surface area (TPSA) is 67.2 Å². The summed E-state index contributed by atoms with van der Waals surface area (Å²) in [7, 11) is 0. The predicted octanol–water partition coefficient (Wildman–Crippen LogP) is 1.80. The molecule has 1 fully saturated rings. The number of nitrogens with one attached hydrogen (secondary N) is 1. The van der Waals surface area contributed by atoms with Crippen LogP contribution in [0.15, 0.2) is 30.6 Å². The predicted molar refractivity (Wildman–Crippen MR) is 90.5 cm³/mol. The minimum absolute atomic E-state index is 0.00810. The van der Waals surface area contributed by atoms with Gasteiger partial charge in [-0.25, -0.2) is 9.37 Å². The van der Waals surface area contributed by atoms with Gasteiger partial charge in [0, 0.05) is 38.4 Å². The van der Waals surface area contributed by atoms with E-state index in [1.165, 1.54) is 6.07 Å². The zero-order valence-electron chi connectivity index (χ0n) is 14.3. The summed E-state index contributed by atoms with van der Waals surface area (Å²) in [6.07, 6.45) is 3.56. The van der Waals surface area contributed by atoms with Crippen LogP contribution in [0, 0.1) is 18.7 Å². The summed E-state index contributed by atoms with van der Waals surface area (Å²) in [5.74, 6) is -0.162. The third kappa shape index (κ3) is 3.55. The van der Waals surface area contributed by atoms with Crippen molar-refractivity contribution in [3.8, 4) is 5.69 Å². The average Bonchev–Trinajstić information content (AvgIpc) is 3.18. The molecule has 1 atom stereocenters. The molecule has 25 heavy (non-hydrogen) atoms. The third-order valence-electron chi connectivity index (χ3n) is 4.53. The van der Waals surface area contributed by atoms with Crippen molar-refractivity contribution in [3.05, 3.63) is 47.8 Å². The van der Waals surface area contributed by atoms with Crippen LogP contribution < -0.4 is 5.32 Å². The molecule has 1 N–H and O–H groups in total. The van der Waals surface area contributed by atoms with E-state index < -0.39 is 0 Å². The molecule has 1 aliphatic rings. The number of aryl methyl sites for hydroxylation is 1. The van der Waals surface area contributed by atoms with E-state index >= 15 is 0 Å². The van der Waals surface area contributed by atoms with Gasteiger partial charge in [0.2, 0.25) is 11.8 Å². The highest BCUT2D eigenvalue weighted by atomic mass is 19.1. The molecule has 3 rings (SSSR count). The minimum atomic E-state index is -0.374. The lowest BCUT2D eigenvalue weighted by Crippen LogP contribution is -2.32. The van der Waals surface area contributed by atoms with Crippen LogP contribution in [0.5, 0.6) is 0 Å². The second-order valence-corrected chi connectivity index (χ2v) is 6.18. The Morgan fingerprint density at radius 3 is 2.84 bits per heavy atom. The molecule has 2 amide bonds. The molecule has 2 heterocycles. The fraction of sp³-hybridized carbons (Fsp3) is 0.389. The Morgan fingerprint density at radius 2 is 2.24 bits per heavy atom. The van der Waals surface area contributed by atoms with E-state index in [2.05, 4.69) is 10.3 Å². The molecule has 132 valence electrons. The Hall–Kier alpha value is -2.70. The van der Waals surface area contributed by atoms with Crippen LogP contribution in [0.4, 0.5) is 4.39 Å². The van der Waals surface area contributed by atoms with Crippen molar-refractivity contribution >= 4 is 11.8 Å². The van der Waals surface area contributed by atoms with Crippen LogP contribution in [-0.2, 0) is 16.1 Å². The first-order valence-corrected chi connectivity index (χ1v) is 8.33. The number of hydrogen-bond acceptors (Lipinski definition) is 3. The van der Waals surface area contributed by atoms with E-state index in [1.54, 1.807) is 40.9 Å². The first-order valence-electron chi connectivity index (χ1n) is 8.33. The molecule has 0 aliphatic carbocycles. The van der Waals surface area contributed by atoms with E-state index in [4.69, 9.17) is 0 Å². The Morgan fingerprint density at radius 1 is 1.44 bits per heavy atom. The summed E-state index contributed by atoms with van der Waals surface area (Å²) < 4.78 is 16.0. The number of likely N-dealkylation sites (tertiary alicyclic amines) is 1. The maximum atomic E-state index is 14.4. The Bertz CT molecular complexity index is 802. The van der Waals surface area contributed by atoms with Gasteiger partial charge in [-0.1, -0.05) is 6.07 Å². The molecule has 1 saturated heterocycles. The number of rotatable bonds is 5. The molecule has 7 heteroatoms. The molecule has 1 aliphatic heterocycles. The summed E-state index contributed by atoms with van der Waals surface area (Å²) in [5.41, 5.74) is 1.09. The number of imidazole rings is 1. The highest BCUT2D eigenvalue weighted by molar-refractivity contribution is 5.89. The minimum Gasteiger partial charge on any atom is -0.352 e. The summed E-state index contributed by atoms with van der Waals surface area (Å²) in [6, 6.07) is 4.85. The maximum absolute atomic E-state index is 14.4.